The minimum absolute atomic E-state index is 0.0740. The van der Waals surface area contributed by atoms with Gasteiger partial charge in [0.2, 0.25) is 0 Å². The van der Waals surface area contributed by atoms with Gasteiger partial charge in [0.15, 0.2) is 0 Å². The van der Waals surface area contributed by atoms with E-state index in [2.05, 4.69) is 87.1 Å². The number of aromatic nitrogens is 2. The molecule has 0 fully saturated rings. The Kier molecular flexibility index (Phi) is 24.3. The summed E-state index contributed by atoms with van der Waals surface area (Å²) in [7, 11) is 1.44. The molecule has 6 heteroatoms. The number of nitrogens with two attached hydrogens (primary N) is 1. The molecule has 0 bridgehead atoms. The molecular formula is C36H61N3O3. The summed E-state index contributed by atoms with van der Waals surface area (Å²) in [6.45, 7) is 28.9. The predicted molar refractivity (Wildman–Crippen MR) is 181 cm³/mol. The maximum Gasteiger partial charge on any atom is 0.308 e. The number of carbonyl (C=O) groups is 1. The van der Waals surface area contributed by atoms with Gasteiger partial charge in [-0.15, -0.1) is 0 Å². The summed E-state index contributed by atoms with van der Waals surface area (Å²) in [6.07, 6.45) is 8.45. The lowest BCUT2D eigenvalue weighted by Gasteiger charge is -2.07. The monoisotopic (exact) mass is 583 g/mol. The number of unbranched alkanes of at least 4 members (excludes halogenated alkanes) is 1. The van der Waals surface area contributed by atoms with Crippen LogP contribution in [-0.4, -0.2) is 36.3 Å². The van der Waals surface area contributed by atoms with Gasteiger partial charge < -0.3 is 15.2 Å². The molecule has 0 unspecified atom stereocenters. The molecule has 6 nitrogen and oxygen atoms in total. The van der Waals surface area contributed by atoms with E-state index in [1.54, 1.807) is 0 Å². The number of nitrogens with zero attached hydrogens (tertiary/aromatic N) is 2. The van der Waals surface area contributed by atoms with Crippen molar-refractivity contribution in [2.45, 2.75) is 108 Å². The van der Waals surface area contributed by atoms with E-state index in [9.17, 15) is 4.79 Å². The second-order valence-corrected chi connectivity index (χ2v) is 10.6. The molecular weight excluding hydrogens is 522 g/mol. The molecule has 1 atom stereocenters. The predicted octanol–water partition coefficient (Wildman–Crippen LogP) is 7.24. The minimum Gasteiger partial charge on any atom is -0.469 e. The van der Waals surface area contributed by atoms with Crippen LogP contribution in [0.25, 0.3) is 18.2 Å². The number of ether oxygens (including phenoxy) is 2. The zero-order valence-electron chi connectivity index (χ0n) is 28.9. The Bertz CT molecular complexity index is 1160. The molecule has 0 amide bonds. The molecule has 0 aliphatic carbocycles. The Morgan fingerprint density at radius 1 is 1.07 bits per heavy atom. The van der Waals surface area contributed by atoms with E-state index in [4.69, 9.17) is 10.5 Å². The average Bonchev–Trinajstić information content (AvgIpc) is 2.96. The number of carbonyl (C=O) groups excluding carboxylic acids is 1. The first-order chi connectivity index (χ1) is 19.9. The highest BCUT2D eigenvalue weighted by atomic mass is 16.5. The van der Waals surface area contributed by atoms with Crippen molar-refractivity contribution in [2.24, 2.45) is 17.6 Å². The molecule has 0 radical (unpaired) electrons. The highest BCUT2D eigenvalue weighted by molar-refractivity contribution is 5.71. The summed E-state index contributed by atoms with van der Waals surface area (Å²) >= 11 is 0. The van der Waals surface area contributed by atoms with Gasteiger partial charge in [-0.2, -0.15) is 0 Å². The third-order valence-electron chi connectivity index (χ3n) is 6.25. The molecule has 0 saturated carbocycles. The molecule has 2 rings (SSSR count). The Morgan fingerprint density at radius 3 is 2.21 bits per heavy atom. The summed E-state index contributed by atoms with van der Waals surface area (Å²) in [5.74, 6) is 1.42. The number of aryl methyl sites for hydroxylation is 3. The molecule has 2 aromatic rings. The van der Waals surface area contributed by atoms with Crippen molar-refractivity contribution < 1.29 is 14.3 Å². The lowest BCUT2D eigenvalue weighted by Crippen LogP contribution is -2.31. The molecule has 0 saturated heterocycles. The third kappa shape index (κ3) is 17.9. The van der Waals surface area contributed by atoms with Gasteiger partial charge in [-0.25, -0.2) is 9.97 Å². The van der Waals surface area contributed by atoms with Crippen LogP contribution < -0.4 is 16.3 Å². The SMILES string of the molecule is C=c1nc(C)nc(C)/c1=C/C=C(\C)c1ccc(C)c(CN)c1.CC.CCCC[C@H](C)C(=O)OC.CCCOCC(C)C. The summed E-state index contributed by atoms with van der Waals surface area (Å²) in [4.78, 5) is 19.5. The van der Waals surface area contributed by atoms with Gasteiger partial charge in [-0.1, -0.05) is 92.2 Å². The fourth-order valence-electron chi connectivity index (χ4n) is 3.74. The van der Waals surface area contributed by atoms with Crippen LogP contribution in [0, 0.1) is 32.6 Å². The van der Waals surface area contributed by atoms with E-state index in [0.29, 0.717) is 12.5 Å². The van der Waals surface area contributed by atoms with Crippen molar-refractivity contribution in [1.29, 1.82) is 0 Å². The minimum atomic E-state index is -0.0894. The Labute approximate surface area is 257 Å². The summed E-state index contributed by atoms with van der Waals surface area (Å²) in [6, 6.07) is 6.39. The number of rotatable bonds is 11. The van der Waals surface area contributed by atoms with E-state index in [1.165, 1.54) is 29.4 Å². The van der Waals surface area contributed by atoms with Gasteiger partial charge in [0.05, 0.1) is 18.4 Å². The van der Waals surface area contributed by atoms with Gasteiger partial charge in [0.25, 0.3) is 0 Å². The first kappa shape index (κ1) is 41.3. The second kappa shape index (κ2) is 24.7. The number of esters is 1. The van der Waals surface area contributed by atoms with Crippen LogP contribution in [0.4, 0.5) is 0 Å². The van der Waals surface area contributed by atoms with E-state index in [0.717, 1.165) is 61.0 Å². The fraction of sp³-hybridized carbons (Fsp3) is 0.583. The third-order valence-corrected chi connectivity index (χ3v) is 6.25. The normalized spacial score (nSPS) is 11.9. The summed E-state index contributed by atoms with van der Waals surface area (Å²) in [5, 5.41) is 1.75. The largest absolute Gasteiger partial charge is 0.469 e. The first-order valence-electron chi connectivity index (χ1n) is 15.6. The van der Waals surface area contributed by atoms with Gasteiger partial charge in [-0.3, -0.25) is 4.79 Å². The first-order valence-corrected chi connectivity index (χ1v) is 15.6. The maximum atomic E-state index is 10.8. The van der Waals surface area contributed by atoms with Crippen LogP contribution in [0.5, 0.6) is 0 Å². The second-order valence-electron chi connectivity index (χ2n) is 10.6. The number of hydrogen-bond acceptors (Lipinski definition) is 6. The van der Waals surface area contributed by atoms with E-state index in [1.807, 2.05) is 40.7 Å². The van der Waals surface area contributed by atoms with Crippen LogP contribution >= 0.6 is 0 Å². The standard InChI is InChI=1S/C19H23N3.C8H16O2.C7H16O.C2H6/c1-12(17-8-6-13(2)18(10-17)11-20)7-9-19-14(3)21-16(5)22-15(19)4;1-4-5-6-7(2)8(9)10-3;1-4-5-8-6-7(2)3;1-2/h6-10H,3,11,20H2,1-2,4-5H3;7H,4-6H2,1-3H3;7H,4-6H2,1-3H3;1-2H3/b12-7+,19-9+;;;/t;7-;;/m.0../s1. The van der Waals surface area contributed by atoms with Gasteiger partial charge >= 0.3 is 5.97 Å². The maximum absolute atomic E-state index is 10.8. The summed E-state index contributed by atoms with van der Waals surface area (Å²) in [5.41, 5.74) is 11.5. The molecule has 2 N–H and O–H groups in total. The van der Waals surface area contributed by atoms with Crippen LogP contribution in [-0.2, 0) is 20.8 Å². The molecule has 1 aromatic heterocycles. The highest BCUT2D eigenvalue weighted by Gasteiger charge is 2.11. The molecule has 42 heavy (non-hydrogen) atoms. The van der Waals surface area contributed by atoms with Crippen molar-refractivity contribution in [1.82, 2.24) is 9.97 Å². The van der Waals surface area contributed by atoms with Gasteiger partial charge in [-0.05, 0) is 74.8 Å². The van der Waals surface area contributed by atoms with Crippen LogP contribution in [0.15, 0.2) is 24.3 Å². The topological polar surface area (TPSA) is 87.3 Å². The number of hydrogen-bond donors (Lipinski definition) is 1. The number of allylic oxidation sites excluding steroid dienone is 2. The van der Waals surface area contributed by atoms with Crippen molar-refractivity contribution >= 4 is 24.2 Å². The van der Waals surface area contributed by atoms with E-state index >= 15 is 0 Å². The zero-order chi connectivity index (χ0) is 32.7. The van der Waals surface area contributed by atoms with Crippen molar-refractivity contribution in [3.8, 4) is 0 Å². The average molecular weight is 584 g/mol. The van der Waals surface area contributed by atoms with Crippen molar-refractivity contribution in [3.05, 3.63) is 63.1 Å². The lowest BCUT2D eigenvalue weighted by molar-refractivity contribution is -0.145. The molecule has 1 aromatic carbocycles. The van der Waals surface area contributed by atoms with E-state index in [-0.39, 0.29) is 11.9 Å². The highest BCUT2D eigenvalue weighted by Crippen LogP contribution is 2.18. The van der Waals surface area contributed by atoms with E-state index < -0.39 is 0 Å². The lowest BCUT2D eigenvalue weighted by atomic mass is 10.0. The number of benzene rings is 1. The van der Waals surface area contributed by atoms with Crippen molar-refractivity contribution in [2.75, 3.05) is 20.3 Å². The smallest absolute Gasteiger partial charge is 0.308 e. The van der Waals surface area contributed by atoms with Crippen molar-refractivity contribution in [3.63, 3.8) is 0 Å². The quantitative estimate of drug-likeness (QED) is 0.222. The molecule has 0 aliphatic heterocycles. The van der Waals surface area contributed by atoms with Gasteiger partial charge in [0.1, 0.15) is 5.82 Å². The van der Waals surface area contributed by atoms with Crippen LogP contribution in [0.3, 0.4) is 0 Å². The number of methoxy groups -OCH3 is 1. The van der Waals surface area contributed by atoms with Crippen LogP contribution in [0.1, 0.15) is 109 Å². The van der Waals surface area contributed by atoms with Crippen LogP contribution in [0.2, 0.25) is 0 Å². The molecule has 0 aliphatic rings. The summed E-state index contributed by atoms with van der Waals surface area (Å²) < 4.78 is 9.81. The Hall–Kier alpha value is -2.83. The molecule has 1 heterocycles. The Morgan fingerprint density at radius 2 is 1.71 bits per heavy atom. The molecule has 0 spiro atoms. The Balaban J connectivity index is 0. The fourth-order valence-corrected chi connectivity index (χ4v) is 3.74. The molecule has 238 valence electrons. The zero-order valence-corrected chi connectivity index (χ0v) is 28.9. The van der Waals surface area contributed by atoms with Gasteiger partial charge in [0, 0.05) is 30.7 Å².